The van der Waals surface area contributed by atoms with E-state index in [1.165, 1.54) is 25.3 Å². The number of ether oxygens (including phenoxy) is 1. The zero-order chi connectivity index (χ0) is 17.9. The smallest absolute Gasteiger partial charge is 0.311 e. The Bertz CT molecular complexity index is 812. The minimum atomic E-state index is -0.702. The first-order chi connectivity index (χ1) is 11.3. The maximum absolute atomic E-state index is 12.0. The molecule has 0 spiro atoms. The van der Waals surface area contributed by atoms with Crippen molar-refractivity contribution in [1.29, 1.82) is 0 Å². The number of nitrogens with one attached hydrogen (secondary N) is 2. The zero-order valence-corrected chi connectivity index (χ0v) is 13.2. The molecule has 1 aromatic carbocycles. The summed E-state index contributed by atoms with van der Waals surface area (Å²) in [4.78, 5) is 34.3. The fourth-order valence-corrected chi connectivity index (χ4v) is 2.08. The van der Waals surface area contributed by atoms with E-state index >= 15 is 0 Å². The highest BCUT2D eigenvalue weighted by atomic mass is 16.6. The van der Waals surface area contributed by atoms with Gasteiger partial charge in [-0.05, 0) is 32.0 Å². The summed E-state index contributed by atoms with van der Waals surface area (Å²) in [6.07, 6.45) is 0. The molecule has 9 nitrogen and oxygen atoms in total. The SMILES string of the molecule is COc1ccc(C(=O)NNC(=O)c2cc(C)oc2C)cc1[N+](=O)[O-]. The van der Waals surface area contributed by atoms with Gasteiger partial charge in [0.1, 0.15) is 11.5 Å². The number of nitrogens with zero attached hydrogens (tertiary/aromatic N) is 1. The van der Waals surface area contributed by atoms with Gasteiger partial charge in [-0.15, -0.1) is 0 Å². The van der Waals surface area contributed by atoms with E-state index in [2.05, 4.69) is 10.9 Å². The Morgan fingerprint density at radius 3 is 2.38 bits per heavy atom. The number of carbonyl (C=O) groups excluding carboxylic acids is 2. The van der Waals surface area contributed by atoms with Gasteiger partial charge >= 0.3 is 5.69 Å². The highest BCUT2D eigenvalue weighted by Gasteiger charge is 2.19. The van der Waals surface area contributed by atoms with Crippen LogP contribution in [0.2, 0.25) is 0 Å². The molecule has 0 aliphatic carbocycles. The number of carbonyl (C=O) groups is 2. The number of rotatable bonds is 4. The highest BCUT2D eigenvalue weighted by molar-refractivity contribution is 6.00. The van der Waals surface area contributed by atoms with Crippen LogP contribution in [0.15, 0.2) is 28.7 Å². The van der Waals surface area contributed by atoms with Crippen LogP contribution >= 0.6 is 0 Å². The van der Waals surface area contributed by atoms with Crippen molar-refractivity contribution in [3.8, 4) is 5.75 Å². The third kappa shape index (κ3) is 3.51. The molecule has 2 N–H and O–H groups in total. The first-order valence-corrected chi connectivity index (χ1v) is 6.83. The quantitative estimate of drug-likeness (QED) is 0.650. The van der Waals surface area contributed by atoms with E-state index in [0.29, 0.717) is 11.5 Å². The van der Waals surface area contributed by atoms with Crippen molar-refractivity contribution in [2.24, 2.45) is 0 Å². The Hall–Kier alpha value is -3.36. The number of benzene rings is 1. The van der Waals surface area contributed by atoms with E-state index in [9.17, 15) is 19.7 Å². The lowest BCUT2D eigenvalue weighted by Gasteiger charge is -2.08. The fourth-order valence-electron chi connectivity index (χ4n) is 2.08. The third-order valence-corrected chi connectivity index (χ3v) is 3.21. The molecule has 2 rings (SSSR count). The van der Waals surface area contributed by atoms with Gasteiger partial charge in [-0.25, -0.2) is 0 Å². The van der Waals surface area contributed by atoms with Gasteiger partial charge in [0.2, 0.25) is 0 Å². The molecule has 0 fully saturated rings. The Morgan fingerprint density at radius 1 is 1.17 bits per heavy atom. The number of amides is 2. The molecule has 2 aromatic rings. The molecular formula is C15H15N3O6. The second-order valence-corrected chi connectivity index (χ2v) is 4.88. The Morgan fingerprint density at radius 2 is 1.83 bits per heavy atom. The van der Waals surface area contributed by atoms with Crippen LogP contribution in [0.5, 0.6) is 5.75 Å². The van der Waals surface area contributed by atoms with Gasteiger partial charge < -0.3 is 9.15 Å². The molecule has 2 amide bonds. The molecule has 1 aromatic heterocycles. The summed E-state index contributed by atoms with van der Waals surface area (Å²) in [5.74, 6) is -0.244. The van der Waals surface area contributed by atoms with Crippen molar-refractivity contribution in [2.45, 2.75) is 13.8 Å². The summed E-state index contributed by atoms with van der Waals surface area (Å²) in [6.45, 7) is 3.31. The lowest BCUT2D eigenvalue weighted by atomic mass is 10.2. The summed E-state index contributed by atoms with van der Waals surface area (Å²) in [6, 6.07) is 5.25. The third-order valence-electron chi connectivity index (χ3n) is 3.21. The van der Waals surface area contributed by atoms with Crippen LogP contribution in [0.3, 0.4) is 0 Å². The number of furan rings is 1. The summed E-state index contributed by atoms with van der Waals surface area (Å²) in [5.41, 5.74) is 4.36. The maximum Gasteiger partial charge on any atom is 0.311 e. The Kier molecular flexibility index (Phi) is 4.83. The molecule has 126 valence electrons. The van der Waals surface area contributed by atoms with E-state index in [1.807, 2.05) is 0 Å². The van der Waals surface area contributed by atoms with Crippen LogP contribution in [-0.4, -0.2) is 23.8 Å². The number of nitro groups is 1. The number of aryl methyl sites for hydroxylation is 2. The standard InChI is InChI=1S/C15H15N3O6/c1-8-6-11(9(2)24-8)15(20)17-16-14(19)10-4-5-13(23-3)12(7-10)18(21)22/h4-7H,1-3H3,(H,16,19)(H,17,20). The van der Waals surface area contributed by atoms with Crippen molar-refractivity contribution in [2.75, 3.05) is 7.11 Å². The van der Waals surface area contributed by atoms with Gasteiger partial charge in [0, 0.05) is 11.6 Å². The maximum atomic E-state index is 12.0. The van der Waals surface area contributed by atoms with E-state index in [1.54, 1.807) is 13.8 Å². The zero-order valence-electron chi connectivity index (χ0n) is 13.2. The number of hydrogen-bond donors (Lipinski definition) is 2. The predicted molar refractivity (Wildman–Crippen MR) is 82.8 cm³/mol. The first-order valence-electron chi connectivity index (χ1n) is 6.83. The van der Waals surface area contributed by atoms with Crippen LogP contribution in [0.1, 0.15) is 32.2 Å². The predicted octanol–water partition coefficient (Wildman–Crippen LogP) is 1.89. The molecule has 0 aliphatic rings. The van der Waals surface area contributed by atoms with Gasteiger partial charge in [0.05, 0.1) is 17.6 Å². The van der Waals surface area contributed by atoms with Gasteiger partial charge in [-0.1, -0.05) is 0 Å². The van der Waals surface area contributed by atoms with Crippen molar-refractivity contribution in [3.05, 3.63) is 57.0 Å². The molecule has 24 heavy (non-hydrogen) atoms. The topological polar surface area (TPSA) is 124 Å². The van der Waals surface area contributed by atoms with Crippen LogP contribution in [0, 0.1) is 24.0 Å². The molecule has 0 aliphatic heterocycles. The number of hydrogen-bond acceptors (Lipinski definition) is 6. The molecule has 0 saturated heterocycles. The summed E-state index contributed by atoms with van der Waals surface area (Å²) in [7, 11) is 1.29. The largest absolute Gasteiger partial charge is 0.490 e. The molecule has 9 heteroatoms. The second kappa shape index (κ2) is 6.82. The van der Waals surface area contributed by atoms with Crippen molar-refractivity contribution >= 4 is 17.5 Å². The summed E-state index contributed by atoms with van der Waals surface area (Å²) in [5, 5.41) is 11.0. The van der Waals surface area contributed by atoms with Gasteiger partial charge in [-0.2, -0.15) is 0 Å². The summed E-state index contributed by atoms with van der Waals surface area (Å²) >= 11 is 0. The van der Waals surface area contributed by atoms with Gasteiger partial charge in [-0.3, -0.25) is 30.6 Å². The highest BCUT2D eigenvalue weighted by Crippen LogP contribution is 2.27. The van der Waals surface area contributed by atoms with Crippen molar-refractivity contribution in [1.82, 2.24) is 10.9 Å². The van der Waals surface area contributed by atoms with Crippen LogP contribution in [0.4, 0.5) is 5.69 Å². The molecule has 0 radical (unpaired) electrons. The fraction of sp³-hybridized carbons (Fsp3) is 0.200. The summed E-state index contributed by atoms with van der Waals surface area (Å²) < 4.78 is 10.1. The lowest BCUT2D eigenvalue weighted by Crippen LogP contribution is -2.41. The van der Waals surface area contributed by atoms with E-state index in [4.69, 9.17) is 9.15 Å². The van der Waals surface area contributed by atoms with Gasteiger partial charge in [0.15, 0.2) is 5.75 Å². The van der Waals surface area contributed by atoms with Gasteiger partial charge in [0.25, 0.3) is 11.8 Å². The van der Waals surface area contributed by atoms with E-state index < -0.39 is 16.7 Å². The molecule has 1 heterocycles. The van der Waals surface area contributed by atoms with Crippen molar-refractivity contribution in [3.63, 3.8) is 0 Å². The molecular weight excluding hydrogens is 318 g/mol. The van der Waals surface area contributed by atoms with E-state index in [-0.39, 0.29) is 22.6 Å². The van der Waals surface area contributed by atoms with E-state index in [0.717, 1.165) is 6.07 Å². The van der Waals surface area contributed by atoms with Crippen LogP contribution in [-0.2, 0) is 0 Å². The first kappa shape index (κ1) is 17.0. The second-order valence-electron chi connectivity index (χ2n) is 4.88. The number of methoxy groups -OCH3 is 1. The number of nitro benzene ring substituents is 1. The van der Waals surface area contributed by atoms with Crippen LogP contribution < -0.4 is 15.6 Å². The molecule has 0 saturated carbocycles. The van der Waals surface area contributed by atoms with Crippen LogP contribution in [0.25, 0.3) is 0 Å². The molecule has 0 unspecified atom stereocenters. The van der Waals surface area contributed by atoms with Crippen molar-refractivity contribution < 1.29 is 23.7 Å². The number of hydrazine groups is 1. The minimum absolute atomic E-state index is 0.00268. The average Bonchev–Trinajstić information content (AvgIpc) is 2.90. The molecule has 0 bridgehead atoms. The molecule has 0 atom stereocenters. The Balaban J connectivity index is 2.10. The lowest BCUT2D eigenvalue weighted by molar-refractivity contribution is -0.385. The minimum Gasteiger partial charge on any atom is -0.490 e. The average molecular weight is 333 g/mol. The monoisotopic (exact) mass is 333 g/mol. The Labute approximate surface area is 136 Å². The normalized spacial score (nSPS) is 10.1.